The van der Waals surface area contributed by atoms with Crippen LogP contribution in [0.2, 0.25) is 5.02 Å². The zero-order valence-electron chi connectivity index (χ0n) is 10.9. The van der Waals surface area contributed by atoms with Crippen LogP contribution in [0, 0.1) is 5.92 Å². The van der Waals surface area contributed by atoms with Crippen molar-refractivity contribution in [3.05, 3.63) is 34.9 Å². The second kappa shape index (κ2) is 5.63. The molecule has 2 atom stereocenters. The van der Waals surface area contributed by atoms with Gasteiger partial charge in [0.05, 0.1) is 0 Å². The summed E-state index contributed by atoms with van der Waals surface area (Å²) < 4.78 is 0. The number of rotatable bonds is 4. The van der Waals surface area contributed by atoms with Gasteiger partial charge in [-0.05, 0) is 61.8 Å². The van der Waals surface area contributed by atoms with Crippen LogP contribution in [0.25, 0.3) is 0 Å². The summed E-state index contributed by atoms with van der Waals surface area (Å²) in [5.41, 5.74) is 1.45. The topological polar surface area (TPSA) is 12.0 Å². The number of nitrogens with one attached hydrogen (secondary N) is 1. The first-order valence-corrected chi connectivity index (χ1v) is 7.69. The first-order valence-electron chi connectivity index (χ1n) is 7.32. The van der Waals surface area contributed by atoms with Gasteiger partial charge in [0.15, 0.2) is 0 Å². The van der Waals surface area contributed by atoms with Crippen LogP contribution >= 0.6 is 11.6 Å². The molecule has 2 saturated carbocycles. The summed E-state index contributed by atoms with van der Waals surface area (Å²) in [5, 5.41) is 4.59. The van der Waals surface area contributed by atoms with Crippen molar-refractivity contribution in [3.63, 3.8) is 0 Å². The Morgan fingerprint density at radius 2 is 1.94 bits per heavy atom. The average Bonchev–Trinajstić information content (AvgIpc) is 3.21. The van der Waals surface area contributed by atoms with Crippen LogP contribution < -0.4 is 5.32 Å². The zero-order valence-corrected chi connectivity index (χ0v) is 11.6. The molecule has 2 aliphatic carbocycles. The van der Waals surface area contributed by atoms with E-state index in [1.54, 1.807) is 0 Å². The van der Waals surface area contributed by atoms with Gasteiger partial charge in [-0.2, -0.15) is 0 Å². The predicted molar refractivity (Wildman–Crippen MR) is 77.2 cm³/mol. The van der Waals surface area contributed by atoms with Crippen molar-refractivity contribution >= 4 is 11.6 Å². The van der Waals surface area contributed by atoms with Crippen LogP contribution in [0.1, 0.15) is 50.0 Å². The standard InChI is InChI=1S/C16H22ClN/c17-14-6-3-5-12(10-14)16-7-2-1-4-13(16)11-18-15-8-9-15/h3,5-6,10,13,15-16,18H,1-2,4,7-9,11H2. The number of halogens is 1. The van der Waals surface area contributed by atoms with Gasteiger partial charge in [-0.3, -0.25) is 0 Å². The third kappa shape index (κ3) is 3.07. The van der Waals surface area contributed by atoms with Gasteiger partial charge in [-0.15, -0.1) is 0 Å². The van der Waals surface area contributed by atoms with Crippen molar-refractivity contribution in [3.8, 4) is 0 Å². The molecule has 2 heteroatoms. The molecule has 2 aliphatic rings. The van der Waals surface area contributed by atoms with Gasteiger partial charge in [0.1, 0.15) is 0 Å². The molecule has 1 aromatic rings. The first-order chi connectivity index (χ1) is 8.83. The summed E-state index contributed by atoms with van der Waals surface area (Å²) in [4.78, 5) is 0. The third-order valence-corrected chi connectivity index (χ3v) is 4.67. The Hall–Kier alpha value is -0.530. The Morgan fingerprint density at radius 1 is 1.11 bits per heavy atom. The zero-order chi connectivity index (χ0) is 12.4. The molecule has 0 spiro atoms. The number of benzene rings is 1. The van der Waals surface area contributed by atoms with Gasteiger partial charge >= 0.3 is 0 Å². The molecule has 0 bridgehead atoms. The Bertz CT molecular complexity index is 400. The third-order valence-electron chi connectivity index (χ3n) is 4.43. The Labute approximate surface area is 115 Å². The van der Waals surface area contributed by atoms with E-state index in [2.05, 4.69) is 23.5 Å². The van der Waals surface area contributed by atoms with Crippen molar-refractivity contribution in [2.45, 2.75) is 50.5 Å². The Morgan fingerprint density at radius 3 is 2.72 bits per heavy atom. The van der Waals surface area contributed by atoms with Crippen LogP contribution in [0.15, 0.2) is 24.3 Å². The van der Waals surface area contributed by atoms with Gasteiger partial charge in [-0.25, -0.2) is 0 Å². The lowest BCUT2D eigenvalue weighted by atomic mass is 9.75. The fraction of sp³-hybridized carbons (Fsp3) is 0.625. The van der Waals surface area contributed by atoms with Gasteiger partial charge in [0.2, 0.25) is 0 Å². The fourth-order valence-electron chi connectivity index (χ4n) is 3.23. The molecule has 98 valence electrons. The highest BCUT2D eigenvalue weighted by molar-refractivity contribution is 6.30. The molecule has 1 nitrogen and oxygen atoms in total. The maximum absolute atomic E-state index is 6.13. The van der Waals surface area contributed by atoms with Crippen LogP contribution in [-0.4, -0.2) is 12.6 Å². The molecule has 18 heavy (non-hydrogen) atoms. The summed E-state index contributed by atoms with van der Waals surface area (Å²) in [7, 11) is 0. The lowest BCUT2D eigenvalue weighted by molar-refractivity contribution is 0.295. The van der Waals surface area contributed by atoms with Crippen LogP contribution in [-0.2, 0) is 0 Å². The van der Waals surface area contributed by atoms with E-state index >= 15 is 0 Å². The van der Waals surface area contributed by atoms with Gasteiger partial charge in [0.25, 0.3) is 0 Å². The molecule has 0 aromatic heterocycles. The molecule has 0 radical (unpaired) electrons. The molecule has 3 rings (SSSR count). The second-order valence-corrected chi connectivity index (χ2v) is 6.32. The molecular weight excluding hydrogens is 242 g/mol. The lowest BCUT2D eigenvalue weighted by Crippen LogP contribution is -2.30. The van der Waals surface area contributed by atoms with E-state index in [0.717, 1.165) is 17.0 Å². The van der Waals surface area contributed by atoms with Crippen molar-refractivity contribution in [2.24, 2.45) is 5.92 Å². The maximum Gasteiger partial charge on any atom is 0.0408 e. The molecule has 0 amide bonds. The normalized spacial score (nSPS) is 28.3. The maximum atomic E-state index is 6.13. The van der Waals surface area contributed by atoms with Crippen LogP contribution in [0.3, 0.4) is 0 Å². The van der Waals surface area contributed by atoms with Crippen molar-refractivity contribution < 1.29 is 0 Å². The predicted octanol–water partition coefficient (Wildman–Crippen LogP) is 4.37. The monoisotopic (exact) mass is 263 g/mol. The first kappa shape index (κ1) is 12.5. The fourth-order valence-corrected chi connectivity index (χ4v) is 3.43. The van der Waals surface area contributed by atoms with Crippen molar-refractivity contribution in [1.82, 2.24) is 5.32 Å². The Balaban J connectivity index is 1.69. The van der Waals surface area contributed by atoms with Crippen molar-refractivity contribution in [2.75, 3.05) is 6.54 Å². The molecular formula is C16H22ClN. The summed E-state index contributed by atoms with van der Waals surface area (Å²) in [6.07, 6.45) is 8.24. The molecule has 2 fully saturated rings. The summed E-state index contributed by atoms with van der Waals surface area (Å²) >= 11 is 6.13. The van der Waals surface area contributed by atoms with E-state index in [9.17, 15) is 0 Å². The summed E-state index contributed by atoms with van der Waals surface area (Å²) in [5.74, 6) is 1.52. The average molecular weight is 264 g/mol. The minimum absolute atomic E-state index is 0.712. The highest BCUT2D eigenvalue weighted by Gasteiger charge is 2.28. The second-order valence-electron chi connectivity index (χ2n) is 5.89. The molecule has 1 N–H and O–H groups in total. The SMILES string of the molecule is Clc1cccc(C2CCCCC2CNC2CC2)c1. The lowest BCUT2D eigenvalue weighted by Gasteiger charge is -2.32. The van der Waals surface area contributed by atoms with E-state index in [1.807, 2.05) is 6.07 Å². The van der Waals surface area contributed by atoms with E-state index in [4.69, 9.17) is 11.6 Å². The largest absolute Gasteiger partial charge is 0.314 e. The smallest absolute Gasteiger partial charge is 0.0408 e. The molecule has 0 aliphatic heterocycles. The van der Waals surface area contributed by atoms with E-state index in [0.29, 0.717) is 5.92 Å². The summed E-state index contributed by atoms with van der Waals surface area (Å²) in [6.45, 7) is 1.20. The molecule has 0 heterocycles. The number of hydrogen-bond donors (Lipinski definition) is 1. The van der Waals surface area contributed by atoms with Gasteiger partial charge < -0.3 is 5.32 Å². The van der Waals surface area contributed by atoms with E-state index in [-0.39, 0.29) is 0 Å². The van der Waals surface area contributed by atoms with E-state index < -0.39 is 0 Å². The number of hydrogen-bond acceptors (Lipinski definition) is 1. The highest BCUT2D eigenvalue weighted by atomic mass is 35.5. The summed E-state index contributed by atoms with van der Waals surface area (Å²) in [6, 6.07) is 9.32. The highest BCUT2D eigenvalue weighted by Crippen LogP contribution is 2.38. The minimum atomic E-state index is 0.712. The van der Waals surface area contributed by atoms with Crippen LogP contribution in [0.4, 0.5) is 0 Å². The molecule has 2 unspecified atom stereocenters. The van der Waals surface area contributed by atoms with Gasteiger partial charge in [0, 0.05) is 11.1 Å². The van der Waals surface area contributed by atoms with Gasteiger partial charge in [-0.1, -0.05) is 36.6 Å². The van der Waals surface area contributed by atoms with Crippen molar-refractivity contribution in [1.29, 1.82) is 0 Å². The Kier molecular flexibility index (Phi) is 3.91. The van der Waals surface area contributed by atoms with E-state index in [1.165, 1.54) is 50.6 Å². The quantitative estimate of drug-likeness (QED) is 0.851. The minimum Gasteiger partial charge on any atom is -0.314 e. The molecule has 0 saturated heterocycles. The molecule has 1 aromatic carbocycles. The van der Waals surface area contributed by atoms with Crippen LogP contribution in [0.5, 0.6) is 0 Å².